The summed E-state index contributed by atoms with van der Waals surface area (Å²) in [4.78, 5) is 28.9. The van der Waals surface area contributed by atoms with Gasteiger partial charge in [0, 0.05) is 17.6 Å². The molecule has 0 saturated heterocycles. The monoisotopic (exact) mass is 387 g/mol. The molecule has 7 nitrogen and oxygen atoms in total. The summed E-state index contributed by atoms with van der Waals surface area (Å²) in [5, 5.41) is 3.00. The minimum absolute atomic E-state index is 0.116. The molecule has 1 saturated carbocycles. The van der Waals surface area contributed by atoms with E-state index in [4.69, 9.17) is 0 Å². The molecule has 0 bridgehead atoms. The largest absolute Gasteiger partial charge is 0.333 e. The second-order valence-electron chi connectivity index (χ2n) is 7.49. The summed E-state index contributed by atoms with van der Waals surface area (Å²) in [6, 6.07) is 17.6. The number of aryl methyl sites for hydroxylation is 1. The summed E-state index contributed by atoms with van der Waals surface area (Å²) in [6.45, 7) is 0. The number of carbonyl (C=O) groups is 2. The third kappa shape index (κ3) is 3.24. The average molecular weight is 387 g/mol. The van der Waals surface area contributed by atoms with Gasteiger partial charge in [-0.15, -0.1) is 0 Å². The number of hydrogen-bond acceptors (Lipinski definition) is 3. The molecule has 1 heterocycles. The van der Waals surface area contributed by atoms with Crippen LogP contribution in [0.5, 0.6) is 0 Å². The summed E-state index contributed by atoms with van der Waals surface area (Å²) in [5.74, 6) is 0.423. The Labute approximate surface area is 168 Å². The number of fused-ring (bicyclic) bond motifs is 3. The molecule has 3 aromatic rings. The highest BCUT2D eigenvalue weighted by atomic mass is 16.2. The van der Waals surface area contributed by atoms with E-state index in [1.807, 2.05) is 36.4 Å². The van der Waals surface area contributed by atoms with Gasteiger partial charge in [0.25, 0.3) is 5.91 Å². The first-order valence-corrected chi connectivity index (χ1v) is 9.75. The number of nitrogens with one attached hydrogen (secondary N) is 3. The van der Waals surface area contributed by atoms with Gasteiger partial charge in [-0.1, -0.05) is 42.5 Å². The molecule has 146 valence electrons. The lowest BCUT2D eigenvalue weighted by Crippen LogP contribution is -2.48. The molecule has 2 aromatic carbocycles. The molecule has 29 heavy (non-hydrogen) atoms. The molecule has 2 aliphatic carbocycles. The molecular weight excluding hydrogens is 366 g/mol. The predicted molar refractivity (Wildman–Crippen MR) is 107 cm³/mol. The average Bonchev–Trinajstić information content (AvgIpc) is 3.23. The van der Waals surface area contributed by atoms with Gasteiger partial charge >= 0.3 is 6.03 Å². The van der Waals surface area contributed by atoms with Crippen molar-refractivity contribution in [2.24, 2.45) is 5.92 Å². The number of amides is 3. The molecule has 3 unspecified atom stereocenters. The van der Waals surface area contributed by atoms with Crippen molar-refractivity contribution in [2.75, 3.05) is 0 Å². The number of aromatic nitrogens is 2. The Morgan fingerprint density at radius 1 is 1.00 bits per heavy atom. The fourth-order valence-corrected chi connectivity index (χ4v) is 4.39. The van der Waals surface area contributed by atoms with Crippen LogP contribution in [-0.2, 0) is 6.42 Å². The SMILES string of the molecule is O=C(NNC(=O)c1cncn1-c1ccccc1)NC1C2CCc3ccccc3C21. The van der Waals surface area contributed by atoms with Gasteiger partial charge in [-0.25, -0.2) is 15.2 Å². The van der Waals surface area contributed by atoms with Gasteiger partial charge in [0.1, 0.15) is 5.69 Å². The third-order valence-electron chi connectivity index (χ3n) is 5.82. The van der Waals surface area contributed by atoms with E-state index < -0.39 is 11.9 Å². The van der Waals surface area contributed by atoms with E-state index in [-0.39, 0.29) is 6.04 Å². The zero-order chi connectivity index (χ0) is 19.8. The molecule has 1 fully saturated rings. The maximum atomic E-state index is 12.5. The maximum absolute atomic E-state index is 12.5. The molecule has 0 radical (unpaired) electrons. The Bertz CT molecular complexity index is 1060. The second kappa shape index (κ2) is 7.09. The molecule has 3 amide bonds. The van der Waals surface area contributed by atoms with E-state index in [0.717, 1.165) is 18.5 Å². The predicted octanol–water partition coefficient (Wildman–Crippen LogP) is 2.54. The smallest absolute Gasteiger partial charge is 0.333 e. The molecule has 7 heteroatoms. The molecule has 1 aromatic heterocycles. The highest BCUT2D eigenvalue weighted by molar-refractivity contribution is 5.94. The number of para-hydroxylation sites is 1. The molecule has 0 spiro atoms. The van der Waals surface area contributed by atoms with Crippen LogP contribution >= 0.6 is 0 Å². The molecular formula is C22H21N5O2. The van der Waals surface area contributed by atoms with Crippen LogP contribution in [0.3, 0.4) is 0 Å². The third-order valence-corrected chi connectivity index (χ3v) is 5.82. The lowest BCUT2D eigenvalue weighted by Gasteiger charge is -2.13. The van der Waals surface area contributed by atoms with Gasteiger partial charge in [0.05, 0.1) is 12.5 Å². The number of imidazole rings is 1. The Balaban J connectivity index is 1.19. The van der Waals surface area contributed by atoms with Crippen molar-refractivity contribution in [1.29, 1.82) is 0 Å². The zero-order valence-electron chi connectivity index (χ0n) is 15.7. The number of benzene rings is 2. The topological polar surface area (TPSA) is 88.1 Å². The number of urea groups is 1. The lowest BCUT2D eigenvalue weighted by atomic mass is 9.92. The molecule has 3 N–H and O–H groups in total. The Morgan fingerprint density at radius 3 is 2.66 bits per heavy atom. The van der Waals surface area contributed by atoms with Crippen LogP contribution < -0.4 is 16.2 Å². The van der Waals surface area contributed by atoms with Crippen molar-refractivity contribution in [2.45, 2.75) is 24.8 Å². The number of carbonyl (C=O) groups excluding carboxylic acids is 2. The van der Waals surface area contributed by atoms with Crippen molar-refractivity contribution in [3.8, 4) is 5.69 Å². The number of hydrogen-bond donors (Lipinski definition) is 3. The van der Waals surface area contributed by atoms with E-state index in [1.54, 1.807) is 10.9 Å². The van der Waals surface area contributed by atoms with E-state index in [1.165, 1.54) is 17.3 Å². The van der Waals surface area contributed by atoms with Crippen LogP contribution in [-0.4, -0.2) is 27.5 Å². The number of nitrogens with zero attached hydrogens (tertiary/aromatic N) is 2. The number of rotatable bonds is 3. The summed E-state index contributed by atoms with van der Waals surface area (Å²) >= 11 is 0. The maximum Gasteiger partial charge on any atom is 0.333 e. The van der Waals surface area contributed by atoms with Gasteiger partial charge in [0.15, 0.2) is 0 Å². The highest BCUT2D eigenvalue weighted by Gasteiger charge is 2.53. The van der Waals surface area contributed by atoms with Crippen molar-refractivity contribution < 1.29 is 9.59 Å². The molecule has 5 rings (SSSR count). The summed E-state index contributed by atoms with van der Waals surface area (Å²) in [5.41, 5.74) is 8.80. The molecule has 0 aliphatic heterocycles. The summed E-state index contributed by atoms with van der Waals surface area (Å²) < 4.78 is 1.67. The van der Waals surface area contributed by atoms with Crippen molar-refractivity contribution in [1.82, 2.24) is 25.7 Å². The van der Waals surface area contributed by atoms with Crippen LogP contribution in [0.4, 0.5) is 4.79 Å². The highest BCUT2D eigenvalue weighted by Crippen LogP contribution is 2.54. The van der Waals surface area contributed by atoms with Gasteiger partial charge in [-0.2, -0.15) is 0 Å². The lowest BCUT2D eigenvalue weighted by molar-refractivity contribution is 0.0929. The van der Waals surface area contributed by atoms with E-state index >= 15 is 0 Å². The van der Waals surface area contributed by atoms with Crippen LogP contribution in [0.15, 0.2) is 67.1 Å². The Morgan fingerprint density at radius 2 is 1.79 bits per heavy atom. The van der Waals surface area contributed by atoms with Gasteiger partial charge in [0.2, 0.25) is 0 Å². The van der Waals surface area contributed by atoms with E-state index in [2.05, 4.69) is 39.4 Å². The zero-order valence-corrected chi connectivity index (χ0v) is 15.7. The fraction of sp³-hybridized carbons (Fsp3) is 0.227. The fourth-order valence-electron chi connectivity index (χ4n) is 4.39. The van der Waals surface area contributed by atoms with Crippen molar-refractivity contribution >= 4 is 11.9 Å². The van der Waals surface area contributed by atoms with Crippen LogP contribution in [0.25, 0.3) is 5.69 Å². The van der Waals surface area contributed by atoms with Gasteiger partial charge in [-0.05, 0) is 42.0 Å². The first-order valence-electron chi connectivity index (χ1n) is 9.75. The summed E-state index contributed by atoms with van der Waals surface area (Å²) in [6.07, 6.45) is 5.16. The Kier molecular flexibility index (Phi) is 4.27. The minimum atomic E-state index is -0.430. The second-order valence-corrected chi connectivity index (χ2v) is 7.49. The first-order chi connectivity index (χ1) is 14.2. The van der Waals surface area contributed by atoms with Gasteiger partial charge in [-0.3, -0.25) is 14.8 Å². The first kappa shape index (κ1) is 17.5. The standard InChI is InChI=1S/C22H21N5O2/c28-21(18-12-23-13-27(18)15-7-2-1-3-8-15)25-26-22(29)24-20-17-11-10-14-6-4-5-9-16(14)19(17)20/h1-9,12-13,17,19-20H,10-11H2,(H,25,28)(H2,24,26,29). The Hall–Kier alpha value is -3.61. The van der Waals surface area contributed by atoms with Crippen LogP contribution in [0, 0.1) is 5.92 Å². The van der Waals surface area contributed by atoms with Gasteiger partial charge < -0.3 is 5.32 Å². The minimum Gasteiger partial charge on any atom is -0.333 e. The van der Waals surface area contributed by atoms with Crippen molar-refractivity contribution in [3.05, 3.63) is 83.9 Å². The summed E-state index contributed by atoms with van der Waals surface area (Å²) in [7, 11) is 0. The van der Waals surface area contributed by atoms with Crippen molar-refractivity contribution in [3.63, 3.8) is 0 Å². The van der Waals surface area contributed by atoms with E-state index in [9.17, 15) is 9.59 Å². The van der Waals surface area contributed by atoms with E-state index in [0.29, 0.717) is 17.5 Å². The normalized spacial score (nSPS) is 21.4. The molecule has 3 atom stereocenters. The van der Waals surface area contributed by atoms with Crippen LogP contribution in [0.1, 0.15) is 34.0 Å². The van der Waals surface area contributed by atoms with Crippen LogP contribution in [0.2, 0.25) is 0 Å². The molecule has 2 aliphatic rings. The number of hydrazine groups is 1. The quantitative estimate of drug-likeness (QED) is 0.604.